The summed E-state index contributed by atoms with van der Waals surface area (Å²) in [5.74, 6) is -0.542. The lowest BCUT2D eigenvalue weighted by Crippen LogP contribution is -2.14. The Morgan fingerprint density at radius 2 is 2.25 bits per heavy atom. The van der Waals surface area contributed by atoms with Crippen molar-refractivity contribution in [2.24, 2.45) is 4.99 Å². The van der Waals surface area contributed by atoms with Crippen LogP contribution in [0.3, 0.4) is 0 Å². The molecule has 0 bridgehead atoms. The molecule has 0 atom stereocenters. The molecule has 8 heteroatoms. The van der Waals surface area contributed by atoms with E-state index in [1.165, 1.54) is 4.68 Å². The van der Waals surface area contributed by atoms with Crippen molar-refractivity contribution in [3.63, 3.8) is 0 Å². The molecule has 0 amide bonds. The topological polar surface area (TPSA) is 80.3 Å². The van der Waals surface area contributed by atoms with Gasteiger partial charge in [0.25, 0.3) is 0 Å². The minimum absolute atomic E-state index is 0.135. The minimum atomic E-state index is -0.542. The molecule has 2 rings (SSSR count). The highest BCUT2D eigenvalue weighted by Crippen LogP contribution is 2.13. The second-order valence-electron chi connectivity index (χ2n) is 3.51. The summed E-state index contributed by atoms with van der Waals surface area (Å²) in [6, 6.07) is 6.80. The van der Waals surface area contributed by atoms with Gasteiger partial charge in [0.2, 0.25) is 16.0 Å². The molecule has 0 saturated heterocycles. The Morgan fingerprint density at radius 1 is 1.55 bits per heavy atom. The third-order valence-electron chi connectivity index (χ3n) is 2.23. The molecule has 0 spiro atoms. The summed E-state index contributed by atoms with van der Waals surface area (Å²) in [6.45, 7) is 1.96. The summed E-state index contributed by atoms with van der Waals surface area (Å²) in [5.41, 5.74) is 0.648. The van der Waals surface area contributed by atoms with Crippen molar-refractivity contribution in [1.82, 2.24) is 9.78 Å². The number of rotatable bonds is 3. The molecule has 0 aliphatic rings. The summed E-state index contributed by atoms with van der Waals surface area (Å²) < 4.78 is 6.28. The predicted molar refractivity (Wildman–Crippen MR) is 73.6 cm³/mol. The van der Waals surface area contributed by atoms with Gasteiger partial charge in [0.05, 0.1) is 12.3 Å². The zero-order valence-corrected chi connectivity index (χ0v) is 12.0. The van der Waals surface area contributed by atoms with E-state index in [9.17, 15) is 4.79 Å². The number of carbonyl (C=O) groups excluding carboxylic acids is 1. The fourth-order valence-electron chi connectivity index (χ4n) is 1.42. The van der Waals surface area contributed by atoms with E-state index in [1.54, 1.807) is 37.4 Å². The SMILES string of the molecule is CCOC(=O)c1nn(-c2ccc(Cl)cc2)c(=NC#N)s1. The first-order valence-corrected chi connectivity index (χ1v) is 6.81. The van der Waals surface area contributed by atoms with Gasteiger partial charge in [-0.05, 0) is 31.2 Å². The summed E-state index contributed by atoms with van der Waals surface area (Å²) >= 11 is 6.81. The number of esters is 1. The number of nitrogens with zero attached hydrogens (tertiary/aromatic N) is 4. The van der Waals surface area contributed by atoms with Crippen LogP contribution in [-0.2, 0) is 4.74 Å². The van der Waals surface area contributed by atoms with Gasteiger partial charge in [-0.2, -0.15) is 5.26 Å². The minimum Gasteiger partial charge on any atom is -0.461 e. The molecular formula is C12H9ClN4O2S. The van der Waals surface area contributed by atoms with Crippen LogP contribution >= 0.6 is 22.9 Å². The molecular weight excluding hydrogens is 300 g/mol. The molecule has 6 nitrogen and oxygen atoms in total. The van der Waals surface area contributed by atoms with E-state index in [-0.39, 0.29) is 16.4 Å². The maximum atomic E-state index is 11.7. The fourth-order valence-corrected chi connectivity index (χ4v) is 2.31. The van der Waals surface area contributed by atoms with E-state index in [0.717, 1.165) is 11.3 Å². The Hall–Kier alpha value is -2.17. The Morgan fingerprint density at radius 3 is 2.85 bits per heavy atom. The second kappa shape index (κ2) is 6.32. The standard InChI is InChI=1S/C12H9ClN4O2S/c1-2-19-11(18)10-16-17(12(20-10)15-7-14)9-5-3-8(13)4-6-9/h3-6H,2H2,1H3. The van der Waals surface area contributed by atoms with E-state index in [4.69, 9.17) is 21.6 Å². The second-order valence-corrected chi connectivity index (χ2v) is 4.90. The summed E-state index contributed by atoms with van der Waals surface area (Å²) in [6.07, 6.45) is 1.69. The van der Waals surface area contributed by atoms with Crippen LogP contribution in [0, 0.1) is 11.5 Å². The van der Waals surface area contributed by atoms with Crippen LogP contribution in [0.1, 0.15) is 16.7 Å². The summed E-state index contributed by atoms with van der Waals surface area (Å²) in [4.78, 5) is 15.6. The molecule has 0 saturated carbocycles. The molecule has 20 heavy (non-hydrogen) atoms. The number of hydrogen-bond donors (Lipinski definition) is 0. The highest BCUT2D eigenvalue weighted by molar-refractivity contribution is 7.10. The Balaban J connectivity index is 2.52. The van der Waals surface area contributed by atoms with Crippen LogP contribution in [-0.4, -0.2) is 22.4 Å². The van der Waals surface area contributed by atoms with Crippen molar-refractivity contribution in [2.45, 2.75) is 6.92 Å². The number of ether oxygens (including phenoxy) is 1. The molecule has 0 N–H and O–H groups in total. The fraction of sp³-hybridized carbons (Fsp3) is 0.167. The summed E-state index contributed by atoms with van der Waals surface area (Å²) in [7, 11) is 0. The lowest BCUT2D eigenvalue weighted by atomic mass is 10.3. The van der Waals surface area contributed by atoms with Crippen LogP contribution in [0.4, 0.5) is 0 Å². The first-order valence-electron chi connectivity index (χ1n) is 5.61. The molecule has 102 valence electrons. The van der Waals surface area contributed by atoms with Gasteiger partial charge in [0, 0.05) is 5.02 Å². The molecule has 1 aromatic heterocycles. The Kier molecular flexibility index (Phi) is 4.50. The van der Waals surface area contributed by atoms with Crippen LogP contribution in [0.25, 0.3) is 5.69 Å². The Labute approximate surface area is 123 Å². The molecule has 0 unspecified atom stereocenters. The largest absolute Gasteiger partial charge is 0.461 e. The van der Waals surface area contributed by atoms with Gasteiger partial charge >= 0.3 is 5.97 Å². The maximum Gasteiger partial charge on any atom is 0.369 e. The molecule has 0 radical (unpaired) electrons. The number of carbonyl (C=O) groups is 1. The third-order valence-corrected chi connectivity index (χ3v) is 3.37. The van der Waals surface area contributed by atoms with Crippen molar-refractivity contribution in [1.29, 1.82) is 5.26 Å². The summed E-state index contributed by atoms with van der Waals surface area (Å²) in [5, 5.41) is 13.5. The van der Waals surface area contributed by atoms with Crippen molar-refractivity contribution in [2.75, 3.05) is 6.61 Å². The van der Waals surface area contributed by atoms with Gasteiger partial charge < -0.3 is 4.74 Å². The van der Waals surface area contributed by atoms with E-state index >= 15 is 0 Å². The zero-order valence-electron chi connectivity index (χ0n) is 10.4. The normalized spacial score (nSPS) is 11.2. The molecule has 0 aliphatic carbocycles. The number of hydrogen-bond acceptors (Lipinski definition) is 6. The molecule has 0 aliphatic heterocycles. The number of nitriles is 1. The third kappa shape index (κ3) is 3.04. The van der Waals surface area contributed by atoms with E-state index in [1.807, 2.05) is 0 Å². The lowest BCUT2D eigenvalue weighted by Gasteiger charge is -2.00. The average molecular weight is 309 g/mol. The molecule has 1 aromatic carbocycles. The predicted octanol–water partition coefficient (Wildman–Crippen LogP) is 2.15. The van der Waals surface area contributed by atoms with Crippen LogP contribution in [0.15, 0.2) is 29.3 Å². The van der Waals surface area contributed by atoms with Crippen molar-refractivity contribution in [3.05, 3.63) is 39.1 Å². The van der Waals surface area contributed by atoms with Crippen LogP contribution in [0.5, 0.6) is 0 Å². The highest BCUT2D eigenvalue weighted by Gasteiger charge is 2.15. The van der Waals surface area contributed by atoms with Crippen molar-refractivity contribution in [3.8, 4) is 11.9 Å². The van der Waals surface area contributed by atoms with E-state index in [0.29, 0.717) is 10.7 Å². The van der Waals surface area contributed by atoms with Crippen LogP contribution < -0.4 is 4.80 Å². The van der Waals surface area contributed by atoms with Gasteiger partial charge in [-0.3, -0.25) is 0 Å². The Bertz CT molecular complexity index is 727. The smallest absolute Gasteiger partial charge is 0.369 e. The van der Waals surface area contributed by atoms with E-state index < -0.39 is 5.97 Å². The lowest BCUT2D eigenvalue weighted by molar-refractivity contribution is 0.0524. The monoisotopic (exact) mass is 308 g/mol. The number of aromatic nitrogens is 2. The van der Waals surface area contributed by atoms with E-state index in [2.05, 4.69) is 10.1 Å². The first-order chi connectivity index (χ1) is 9.65. The van der Waals surface area contributed by atoms with Crippen molar-refractivity contribution >= 4 is 28.9 Å². The maximum absolute atomic E-state index is 11.7. The van der Waals surface area contributed by atoms with Gasteiger partial charge in [-0.15, -0.1) is 10.1 Å². The number of halogens is 1. The quantitative estimate of drug-likeness (QED) is 0.642. The van der Waals surface area contributed by atoms with Gasteiger partial charge in [-0.1, -0.05) is 22.9 Å². The average Bonchev–Trinajstić information content (AvgIpc) is 2.84. The molecule has 0 fully saturated rings. The van der Waals surface area contributed by atoms with Crippen molar-refractivity contribution < 1.29 is 9.53 Å². The molecule has 2 aromatic rings. The highest BCUT2D eigenvalue weighted by atomic mass is 35.5. The zero-order chi connectivity index (χ0) is 14.5. The van der Waals surface area contributed by atoms with Crippen LogP contribution in [0.2, 0.25) is 5.02 Å². The van der Waals surface area contributed by atoms with Gasteiger partial charge in [0.15, 0.2) is 0 Å². The first kappa shape index (κ1) is 14.2. The van der Waals surface area contributed by atoms with Gasteiger partial charge in [0.1, 0.15) is 0 Å². The number of benzene rings is 1. The molecule has 1 heterocycles. The van der Waals surface area contributed by atoms with Gasteiger partial charge in [-0.25, -0.2) is 9.48 Å².